The number of ether oxygens (including phenoxy) is 1. The van der Waals surface area contributed by atoms with Gasteiger partial charge in [0.25, 0.3) is 5.91 Å². The van der Waals surface area contributed by atoms with E-state index >= 15 is 0 Å². The Labute approximate surface area is 165 Å². The molecule has 2 heterocycles. The summed E-state index contributed by atoms with van der Waals surface area (Å²) in [6, 6.07) is 9.55. The van der Waals surface area contributed by atoms with Crippen molar-refractivity contribution in [3.63, 3.8) is 0 Å². The lowest BCUT2D eigenvalue weighted by Gasteiger charge is -2.14. The Morgan fingerprint density at radius 2 is 2.07 bits per heavy atom. The number of nitrogens with one attached hydrogen (secondary N) is 1. The van der Waals surface area contributed by atoms with Gasteiger partial charge in [-0.3, -0.25) is 9.59 Å². The molecular weight excluding hydrogens is 408 g/mol. The first kappa shape index (κ1) is 17.8. The number of pyridine rings is 1. The van der Waals surface area contributed by atoms with Crippen LogP contribution in [0.4, 0.5) is 5.69 Å². The number of amides is 1. The molecule has 1 aliphatic rings. The number of carbonyl (C=O) groups is 1. The number of nitrogens with zero attached hydrogens (tertiary/aromatic N) is 1. The number of aromatic nitrogens is 1. The third-order valence-electron chi connectivity index (χ3n) is 5.01. The summed E-state index contributed by atoms with van der Waals surface area (Å²) < 4.78 is 8.20. The van der Waals surface area contributed by atoms with E-state index in [1.54, 1.807) is 25.4 Å². The van der Waals surface area contributed by atoms with Gasteiger partial charge in [0.05, 0.1) is 18.3 Å². The molecule has 1 N–H and O–H groups in total. The van der Waals surface area contributed by atoms with Crippen LogP contribution < -0.4 is 15.5 Å². The Morgan fingerprint density at radius 1 is 1.30 bits per heavy atom. The molecule has 138 valence electrons. The average Bonchev–Trinajstić information content (AvgIpc) is 2.93. The minimum atomic E-state index is -0.435. The fraction of sp³-hybridized carbons (Fsp3) is 0.238. The molecule has 0 saturated carbocycles. The maximum Gasteiger partial charge on any atom is 0.261 e. The molecule has 0 aliphatic carbocycles. The quantitative estimate of drug-likeness (QED) is 0.672. The van der Waals surface area contributed by atoms with E-state index in [1.807, 2.05) is 29.7 Å². The van der Waals surface area contributed by atoms with Crippen molar-refractivity contribution in [3.05, 3.63) is 67.9 Å². The molecule has 0 spiro atoms. The molecule has 5 nitrogen and oxygen atoms in total. The minimum Gasteiger partial charge on any atom is -0.495 e. The summed E-state index contributed by atoms with van der Waals surface area (Å²) in [5.74, 6) is 0.118. The molecule has 1 aromatic heterocycles. The van der Waals surface area contributed by atoms with Gasteiger partial charge in [0.1, 0.15) is 11.3 Å². The van der Waals surface area contributed by atoms with E-state index in [-0.39, 0.29) is 17.0 Å². The predicted molar refractivity (Wildman–Crippen MR) is 110 cm³/mol. The highest BCUT2D eigenvalue weighted by atomic mass is 79.9. The molecular formula is C21H19BrN2O3. The van der Waals surface area contributed by atoms with Gasteiger partial charge in [-0.1, -0.05) is 22.0 Å². The Bertz CT molecular complexity index is 1150. The lowest BCUT2D eigenvalue weighted by Crippen LogP contribution is -2.24. The number of hydrogen-bond acceptors (Lipinski definition) is 3. The standard InChI is InChI=1S/C21H19BrN2O3/c1-11-4-5-18(27-3)17(6-11)23-21(26)16-10-24-12(2)7-13-8-14(22)9-15(19(13)24)20(16)25/h4-6,8-10,12H,7H2,1-3H3,(H,23,26). The first-order chi connectivity index (χ1) is 12.9. The average molecular weight is 427 g/mol. The first-order valence-electron chi connectivity index (χ1n) is 8.72. The Hall–Kier alpha value is -2.60. The SMILES string of the molecule is COc1ccc(C)cc1NC(=O)c1cn2c3c(cc(Br)cc3c1=O)CC2C. The number of anilines is 1. The Kier molecular flexibility index (Phi) is 4.30. The summed E-state index contributed by atoms with van der Waals surface area (Å²) >= 11 is 3.48. The van der Waals surface area contributed by atoms with Crippen LogP contribution >= 0.6 is 15.9 Å². The van der Waals surface area contributed by atoms with Gasteiger partial charge in [-0.15, -0.1) is 0 Å². The molecule has 0 radical (unpaired) electrons. The van der Waals surface area contributed by atoms with Crippen LogP contribution in [-0.2, 0) is 6.42 Å². The second kappa shape index (κ2) is 6.53. The van der Waals surface area contributed by atoms with Crippen molar-refractivity contribution in [2.45, 2.75) is 26.3 Å². The number of hydrogen-bond donors (Lipinski definition) is 1. The molecule has 6 heteroatoms. The van der Waals surface area contributed by atoms with Crippen molar-refractivity contribution in [1.82, 2.24) is 4.57 Å². The van der Waals surface area contributed by atoms with Gasteiger partial charge in [-0.2, -0.15) is 0 Å². The summed E-state index contributed by atoms with van der Waals surface area (Å²) in [6.07, 6.45) is 2.52. The highest BCUT2D eigenvalue weighted by Crippen LogP contribution is 2.34. The van der Waals surface area contributed by atoms with Crippen LogP contribution in [0, 0.1) is 6.92 Å². The molecule has 0 fully saturated rings. The highest BCUT2D eigenvalue weighted by molar-refractivity contribution is 9.10. The zero-order valence-electron chi connectivity index (χ0n) is 15.3. The summed E-state index contributed by atoms with van der Waals surface area (Å²) in [5, 5.41) is 3.40. The van der Waals surface area contributed by atoms with E-state index in [0.29, 0.717) is 16.8 Å². The molecule has 2 aromatic carbocycles. The fourth-order valence-corrected chi connectivity index (χ4v) is 4.24. The van der Waals surface area contributed by atoms with E-state index < -0.39 is 5.91 Å². The molecule has 3 aromatic rings. The summed E-state index contributed by atoms with van der Waals surface area (Å²) in [5.41, 5.74) is 3.44. The van der Waals surface area contributed by atoms with Gasteiger partial charge in [-0.25, -0.2) is 0 Å². The number of halogens is 1. The lowest BCUT2D eigenvalue weighted by atomic mass is 10.1. The maximum absolute atomic E-state index is 13.0. The number of rotatable bonds is 3. The largest absolute Gasteiger partial charge is 0.495 e. The van der Waals surface area contributed by atoms with Crippen LogP contribution in [-0.4, -0.2) is 17.6 Å². The molecule has 1 amide bonds. The molecule has 0 saturated heterocycles. The van der Waals surface area contributed by atoms with Gasteiger partial charge in [-0.05, 0) is 55.7 Å². The number of aryl methyl sites for hydroxylation is 1. The molecule has 4 rings (SSSR count). The molecule has 0 bridgehead atoms. The number of carbonyl (C=O) groups excluding carboxylic acids is 1. The van der Waals surface area contributed by atoms with E-state index in [9.17, 15) is 9.59 Å². The third kappa shape index (κ3) is 2.94. The monoisotopic (exact) mass is 426 g/mol. The lowest BCUT2D eigenvalue weighted by molar-refractivity contribution is 0.102. The van der Waals surface area contributed by atoms with E-state index in [2.05, 4.69) is 28.2 Å². The van der Waals surface area contributed by atoms with Crippen LogP contribution in [0.25, 0.3) is 10.9 Å². The van der Waals surface area contributed by atoms with E-state index in [1.165, 1.54) is 0 Å². The summed E-state index contributed by atoms with van der Waals surface area (Å²) in [4.78, 5) is 26.0. The van der Waals surface area contributed by atoms with Crippen molar-refractivity contribution in [3.8, 4) is 5.75 Å². The van der Waals surface area contributed by atoms with E-state index in [4.69, 9.17) is 4.74 Å². The van der Waals surface area contributed by atoms with Crippen LogP contribution in [0.2, 0.25) is 0 Å². The Balaban J connectivity index is 1.84. The van der Waals surface area contributed by atoms with Crippen LogP contribution in [0.1, 0.15) is 34.5 Å². The predicted octanol–water partition coefficient (Wildman–Crippen LogP) is 4.45. The molecule has 1 aliphatic heterocycles. The molecule has 1 unspecified atom stereocenters. The smallest absolute Gasteiger partial charge is 0.261 e. The van der Waals surface area contributed by atoms with Gasteiger partial charge < -0.3 is 14.6 Å². The van der Waals surface area contributed by atoms with Crippen LogP contribution in [0.3, 0.4) is 0 Å². The normalized spacial score (nSPS) is 15.2. The van der Waals surface area contributed by atoms with Gasteiger partial charge in [0.15, 0.2) is 0 Å². The van der Waals surface area contributed by atoms with Gasteiger partial charge in [0.2, 0.25) is 5.43 Å². The van der Waals surface area contributed by atoms with Crippen molar-refractivity contribution < 1.29 is 9.53 Å². The van der Waals surface area contributed by atoms with E-state index in [0.717, 1.165) is 27.5 Å². The second-order valence-electron chi connectivity index (χ2n) is 6.95. The third-order valence-corrected chi connectivity index (χ3v) is 5.47. The molecule has 1 atom stereocenters. The first-order valence-corrected chi connectivity index (χ1v) is 9.51. The topological polar surface area (TPSA) is 60.3 Å². The number of methoxy groups -OCH3 is 1. The zero-order valence-corrected chi connectivity index (χ0v) is 16.9. The highest BCUT2D eigenvalue weighted by Gasteiger charge is 2.25. The summed E-state index contributed by atoms with van der Waals surface area (Å²) in [6.45, 7) is 4.02. The van der Waals surface area contributed by atoms with Gasteiger partial charge >= 0.3 is 0 Å². The van der Waals surface area contributed by atoms with Gasteiger partial charge in [0, 0.05) is 22.1 Å². The Morgan fingerprint density at radius 3 is 2.81 bits per heavy atom. The van der Waals surface area contributed by atoms with Crippen molar-refractivity contribution in [2.24, 2.45) is 0 Å². The minimum absolute atomic E-state index is 0.129. The maximum atomic E-state index is 13.0. The van der Waals surface area contributed by atoms with Crippen molar-refractivity contribution in [1.29, 1.82) is 0 Å². The second-order valence-corrected chi connectivity index (χ2v) is 7.87. The molecule has 27 heavy (non-hydrogen) atoms. The zero-order chi connectivity index (χ0) is 19.3. The van der Waals surface area contributed by atoms with Crippen molar-refractivity contribution >= 4 is 38.4 Å². The van der Waals surface area contributed by atoms with Crippen LogP contribution in [0.15, 0.2) is 45.8 Å². The van der Waals surface area contributed by atoms with Crippen molar-refractivity contribution in [2.75, 3.05) is 12.4 Å². The fourth-order valence-electron chi connectivity index (χ4n) is 3.73. The number of benzene rings is 2. The summed E-state index contributed by atoms with van der Waals surface area (Å²) in [7, 11) is 1.55. The van der Waals surface area contributed by atoms with Crippen LogP contribution in [0.5, 0.6) is 5.75 Å².